The minimum atomic E-state index is -3.51. The molecule has 6 nitrogen and oxygen atoms in total. The smallest absolute Gasteiger partial charge is 0.243 e. The molecule has 3 rings (SSSR count). The number of hydrogen-bond donors (Lipinski definition) is 0. The second-order valence-corrected chi connectivity index (χ2v) is 9.63. The number of ether oxygens (including phenoxy) is 1. The first-order valence-electron chi connectivity index (χ1n) is 10.3. The summed E-state index contributed by atoms with van der Waals surface area (Å²) >= 11 is 0. The summed E-state index contributed by atoms with van der Waals surface area (Å²) in [5, 5.41) is 0. The Bertz CT molecular complexity index is 948. The Morgan fingerprint density at radius 2 is 1.67 bits per heavy atom. The molecule has 0 atom stereocenters. The maximum atomic E-state index is 13.1. The first-order valence-corrected chi connectivity index (χ1v) is 11.8. The number of benzene rings is 2. The van der Waals surface area contributed by atoms with Gasteiger partial charge in [0.2, 0.25) is 15.9 Å². The summed E-state index contributed by atoms with van der Waals surface area (Å²) in [6.07, 6.45) is 1.09. The molecule has 30 heavy (non-hydrogen) atoms. The van der Waals surface area contributed by atoms with Crippen molar-refractivity contribution in [1.82, 2.24) is 9.21 Å². The van der Waals surface area contributed by atoms with Crippen LogP contribution in [0.1, 0.15) is 30.9 Å². The Labute approximate surface area is 179 Å². The van der Waals surface area contributed by atoms with Crippen molar-refractivity contribution in [2.75, 3.05) is 26.7 Å². The number of carbonyl (C=O) groups excluding carboxylic acids is 1. The second kappa shape index (κ2) is 9.62. The second-order valence-electron chi connectivity index (χ2n) is 7.69. The third kappa shape index (κ3) is 5.02. The number of carbonyl (C=O) groups is 1. The first kappa shape index (κ1) is 22.3. The third-order valence-corrected chi connectivity index (χ3v) is 7.60. The van der Waals surface area contributed by atoms with Crippen LogP contribution in [0.4, 0.5) is 0 Å². The minimum absolute atomic E-state index is 0.0979. The van der Waals surface area contributed by atoms with E-state index < -0.39 is 10.0 Å². The molecular weight excluding hydrogens is 400 g/mol. The first-order chi connectivity index (χ1) is 14.3. The van der Waals surface area contributed by atoms with Crippen molar-refractivity contribution in [2.45, 2.75) is 38.1 Å². The SMILES string of the molecule is CCN(Cc1ccc(OC)cc1)C(=O)C1CCN(S(=O)(=O)c2ccc(C)cc2)CC1. The minimum Gasteiger partial charge on any atom is -0.497 e. The fourth-order valence-corrected chi connectivity index (χ4v) is 5.23. The van der Waals surface area contributed by atoms with Crippen LogP contribution < -0.4 is 4.74 Å². The molecule has 0 aromatic heterocycles. The molecule has 1 aliphatic rings. The highest BCUT2D eigenvalue weighted by atomic mass is 32.2. The van der Waals surface area contributed by atoms with Crippen molar-refractivity contribution >= 4 is 15.9 Å². The van der Waals surface area contributed by atoms with Crippen LogP contribution in [0.2, 0.25) is 0 Å². The maximum Gasteiger partial charge on any atom is 0.243 e. The Morgan fingerprint density at radius 3 is 2.20 bits per heavy atom. The molecule has 7 heteroatoms. The van der Waals surface area contributed by atoms with Crippen molar-refractivity contribution in [3.63, 3.8) is 0 Å². The van der Waals surface area contributed by atoms with Crippen LogP contribution in [-0.4, -0.2) is 50.3 Å². The lowest BCUT2D eigenvalue weighted by molar-refractivity contribution is -0.137. The summed E-state index contributed by atoms with van der Waals surface area (Å²) in [4.78, 5) is 15.2. The van der Waals surface area contributed by atoms with Crippen molar-refractivity contribution in [2.24, 2.45) is 5.92 Å². The molecule has 0 aliphatic carbocycles. The van der Waals surface area contributed by atoms with Gasteiger partial charge in [-0.05, 0) is 56.5 Å². The predicted octanol–water partition coefficient (Wildman–Crippen LogP) is 3.45. The summed E-state index contributed by atoms with van der Waals surface area (Å²) < 4.78 is 32.4. The number of aryl methyl sites for hydroxylation is 1. The van der Waals surface area contributed by atoms with Gasteiger partial charge >= 0.3 is 0 Å². The molecule has 1 saturated heterocycles. The molecule has 0 saturated carbocycles. The van der Waals surface area contributed by atoms with Gasteiger partial charge < -0.3 is 9.64 Å². The highest BCUT2D eigenvalue weighted by Crippen LogP contribution is 2.26. The third-order valence-electron chi connectivity index (χ3n) is 5.69. The van der Waals surface area contributed by atoms with E-state index in [2.05, 4.69) is 0 Å². The summed E-state index contributed by atoms with van der Waals surface area (Å²) in [6, 6.07) is 14.6. The van der Waals surface area contributed by atoms with Crippen LogP contribution in [0.5, 0.6) is 5.75 Å². The zero-order chi connectivity index (χ0) is 21.7. The van der Waals surface area contributed by atoms with E-state index in [1.165, 1.54) is 4.31 Å². The van der Waals surface area contributed by atoms with Gasteiger partial charge in [-0.3, -0.25) is 4.79 Å². The lowest BCUT2D eigenvalue weighted by Gasteiger charge is -2.33. The van der Waals surface area contributed by atoms with Gasteiger partial charge in [-0.2, -0.15) is 4.31 Å². The van der Waals surface area contributed by atoms with Gasteiger partial charge in [0.25, 0.3) is 0 Å². The zero-order valence-corrected chi connectivity index (χ0v) is 18.7. The predicted molar refractivity (Wildman–Crippen MR) is 117 cm³/mol. The molecule has 2 aromatic rings. The summed E-state index contributed by atoms with van der Waals surface area (Å²) in [5.41, 5.74) is 2.07. The van der Waals surface area contributed by atoms with Crippen LogP contribution in [0.15, 0.2) is 53.4 Å². The number of nitrogens with zero attached hydrogens (tertiary/aromatic N) is 2. The molecule has 2 aromatic carbocycles. The summed E-state index contributed by atoms with van der Waals surface area (Å²) in [6.45, 7) is 5.80. The van der Waals surface area contributed by atoms with Gasteiger partial charge in [0.1, 0.15) is 5.75 Å². The molecule has 1 aliphatic heterocycles. The van der Waals surface area contributed by atoms with Gasteiger partial charge in [0.05, 0.1) is 12.0 Å². The number of piperidine rings is 1. The molecule has 162 valence electrons. The van der Waals surface area contributed by atoms with Gasteiger partial charge in [-0.25, -0.2) is 8.42 Å². The number of amides is 1. The Balaban J connectivity index is 1.61. The van der Waals surface area contributed by atoms with Crippen LogP contribution in [0, 0.1) is 12.8 Å². The van der Waals surface area contributed by atoms with Crippen molar-refractivity contribution in [1.29, 1.82) is 0 Å². The Kier molecular flexibility index (Phi) is 7.15. The van der Waals surface area contributed by atoms with E-state index in [1.54, 1.807) is 31.4 Å². The topological polar surface area (TPSA) is 66.9 Å². The lowest BCUT2D eigenvalue weighted by Crippen LogP contribution is -2.44. The molecule has 0 radical (unpaired) electrons. The number of methoxy groups -OCH3 is 1. The van der Waals surface area contributed by atoms with E-state index >= 15 is 0 Å². The van der Waals surface area contributed by atoms with Crippen LogP contribution in [0.25, 0.3) is 0 Å². The quantitative estimate of drug-likeness (QED) is 0.675. The van der Waals surface area contributed by atoms with E-state index in [9.17, 15) is 13.2 Å². The Morgan fingerprint density at radius 1 is 1.07 bits per heavy atom. The zero-order valence-electron chi connectivity index (χ0n) is 17.9. The average molecular weight is 431 g/mol. The summed E-state index contributed by atoms with van der Waals surface area (Å²) in [7, 11) is -1.89. The largest absolute Gasteiger partial charge is 0.497 e. The van der Waals surface area contributed by atoms with Crippen molar-refractivity contribution in [3.05, 3.63) is 59.7 Å². The van der Waals surface area contributed by atoms with Gasteiger partial charge in [-0.1, -0.05) is 29.8 Å². The average Bonchev–Trinajstić information content (AvgIpc) is 2.78. The fraction of sp³-hybridized carbons (Fsp3) is 0.435. The van der Waals surface area contributed by atoms with Gasteiger partial charge in [-0.15, -0.1) is 0 Å². The fourth-order valence-electron chi connectivity index (χ4n) is 3.76. The van der Waals surface area contributed by atoms with E-state index in [1.807, 2.05) is 43.0 Å². The lowest BCUT2D eigenvalue weighted by atomic mass is 9.96. The highest BCUT2D eigenvalue weighted by Gasteiger charge is 2.33. The molecule has 1 fully saturated rings. The van der Waals surface area contributed by atoms with Crippen LogP contribution in [-0.2, 0) is 21.4 Å². The van der Waals surface area contributed by atoms with E-state index in [0.717, 1.165) is 16.9 Å². The molecule has 0 spiro atoms. The molecule has 1 heterocycles. The molecule has 0 unspecified atom stereocenters. The molecule has 0 bridgehead atoms. The number of rotatable bonds is 7. The molecule has 1 amide bonds. The van der Waals surface area contributed by atoms with Crippen LogP contribution >= 0.6 is 0 Å². The summed E-state index contributed by atoms with van der Waals surface area (Å²) in [5.74, 6) is 0.739. The highest BCUT2D eigenvalue weighted by molar-refractivity contribution is 7.89. The number of sulfonamides is 1. The maximum absolute atomic E-state index is 13.1. The normalized spacial score (nSPS) is 15.7. The van der Waals surface area contributed by atoms with E-state index in [0.29, 0.717) is 43.9 Å². The standard InChI is InChI=1S/C23H30N2O4S/c1-4-24(17-19-7-9-21(29-3)10-8-19)23(26)20-13-15-25(16-14-20)30(27,28)22-11-5-18(2)6-12-22/h5-12,20H,4,13-17H2,1-3H3. The molecular formula is C23H30N2O4S. The monoisotopic (exact) mass is 430 g/mol. The Hall–Kier alpha value is -2.38. The van der Waals surface area contributed by atoms with E-state index in [-0.39, 0.29) is 11.8 Å². The van der Waals surface area contributed by atoms with Crippen molar-refractivity contribution in [3.8, 4) is 5.75 Å². The van der Waals surface area contributed by atoms with Gasteiger partial charge in [0.15, 0.2) is 0 Å². The van der Waals surface area contributed by atoms with E-state index in [4.69, 9.17) is 4.74 Å². The molecule has 0 N–H and O–H groups in total. The van der Waals surface area contributed by atoms with Crippen LogP contribution in [0.3, 0.4) is 0 Å². The van der Waals surface area contributed by atoms with Gasteiger partial charge in [0, 0.05) is 32.1 Å². The van der Waals surface area contributed by atoms with Crippen molar-refractivity contribution < 1.29 is 17.9 Å². The number of hydrogen-bond acceptors (Lipinski definition) is 4.